The van der Waals surface area contributed by atoms with Gasteiger partial charge in [-0.1, -0.05) is 22.0 Å². The molecule has 0 saturated heterocycles. The zero-order chi connectivity index (χ0) is 12.1. The minimum absolute atomic E-state index is 0.0350. The highest BCUT2D eigenvalue weighted by Crippen LogP contribution is 2.27. The van der Waals surface area contributed by atoms with Crippen LogP contribution >= 0.6 is 31.9 Å². The number of hydrogen-bond acceptors (Lipinski definition) is 2. The molecule has 0 fully saturated rings. The van der Waals surface area contributed by atoms with Gasteiger partial charge in [0.25, 0.3) is 0 Å². The number of benzene rings is 1. The summed E-state index contributed by atoms with van der Waals surface area (Å²) in [6, 6.07) is 8.50. The van der Waals surface area contributed by atoms with Crippen molar-refractivity contribution in [3.8, 4) is 6.07 Å². The normalized spacial score (nSPS) is 11.9. The number of rotatable bonds is 4. The Bertz CT molecular complexity index is 398. The van der Waals surface area contributed by atoms with E-state index in [1.54, 1.807) is 0 Å². The van der Waals surface area contributed by atoms with Crippen LogP contribution in [0.15, 0.2) is 22.7 Å². The summed E-state index contributed by atoms with van der Waals surface area (Å²) >= 11 is 6.98. The van der Waals surface area contributed by atoms with Crippen molar-refractivity contribution in [2.45, 2.75) is 12.3 Å². The second-order valence-electron chi connectivity index (χ2n) is 3.83. The predicted octanol–water partition coefficient (Wildman–Crippen LogP) is 3.94. The highest BCUT2D eigenvalue weighted by Gasteiger charge is 2.09. The van der Waals surface area contributed by atoms with Crippen LogP contribution in [0.1, 0.15) is 12.5 Å². The molecule has 16 heavy (non-hydrogen) atoms. The molecule has 0 N–H and O–H groups in total. The van der Waals surface area contributed by atoms with E-state index in [1.807, 2.05) is 14.0 Å². The van der Waals surface area contributed by atoms with Crippen molar-refractivity contribution in [2.75, 3.05) is 18.5 Å². The molecule has 0 aliphatic heterocycles. The highest BCUT2D eigenvalue weighted by molar-refractivity contribution is 9.10. The molecule has 2 nitrogen and oxygen atoms in total. The van der Waals surface area contributed by atoms with Crippen LogP contribution in [0.5, 0.6) is 0 Å². The third-order valence-electron chi connectivity index (χ3n) is 2.35. The third-order valence-corrected chi connectivity index (χ3v) is 3.63. The zero-order valence-electron chi connectivity index (χ0n) is 9.37. The molecule has 0 aromatic heterocycles. The van der Waals surface area contributed by atoms with E-state index in [0.717, 1.165) is 22.0 Å². The van der Waals surface area contributed by atoms with Crippen LogP contribution < -0.4 is 4.90 Å². The van der Waals surface area contributed by atoms with Crippen LogP contribution in [0.3, 0.4) is 0 Å². The number of anilines is 1. The van der Waals surface area contributed by atoms with Crippen LogP contribution in [0.2, 0.25) is 0 Å². The number of nitrogens with zero attached hydrogens (tertiary/aromatic N) is 2. The standard InChI is InChI=1S/C12H14Br2N2/c1-9(7-15)8-16(2)12-4-3-10(6-13)5-11(12)14/h3-5,9H,6,8H2,1-2H3. The summed E-state index contributed by atoms with van der Waals surface area (Å²) in [6.07, 6.45) is 0. The molecule has 1 aromatic carbocycles. The summed E-state index contributed by atoms with van der Waals surface area (Å²) < 4.78 is 1.07. The molecule has 0 saturated carbocycles. The van der Waals surface area contributed by atoms with Gasteiger partial charge in [-0.25, -0.2) is 0 Å². The maximum absolute atomic E-state index is 8.79. The van der Waals surface area contributed by atoms with Crippen LogP contribution in [0, 0.1) is 17.2 Å². The monoisotopic (exact) mass is 344 g/mol. The van der Waals surface area contributed by atoms with Gasteiger partial charge in [0, 0.05) is 23.4 Å². The first-order valence-corrected chi connectivity index (χ1v) is 6.95. The molecule has 0 bridgehead atoms. The van der Waals surface area contributed by atoms with E-state index in [0.29, 0.717) is 0 Å². The first kappa shape index (κ1) is 13.5. The summed E-state index contributed by atoms with van der Waals surface area (Å²) in [5.74, 6) is 0.0350. The lowest BCUT2D eigenvalue weighted by Gasteiger charge is -2.22. The first-order chi connectivity index (χ1) is 7.58. The minimum atomic E-state index is 0.0350. The molecule has 86 valence electrons. The Balaban J connectivity index is 2.84. The van der Waals surface area contributed by atoms with Crippen molar-refractivity contribution >= 4 is 37.5 Å². The fourth-order valence-electron chi connectivity index (χ4n) is 1.49. The number of alkyl halides is 1. The number of nitriles is 1. The molecular weight excluding hydrogens is 332 g/mol. The van der Waals surface area contributed by atoms with Gasteiger partial charge in [0.15, 0.2) is 0 Å². The van der Waals surface area contributed by atoms with Crippen LogP contribution in [0.4, 0.5) is 5.69 Å². The molecule has 0 aliphatic rings. The Morgan fingerprint density at radius 3 is 2.69 bits per heavy atom. The fraction of sp³-hybridized carbons (Fsp3) is 0.417. The number of hydrogen-bond donors (Lipinski definition) is 0. The first-order valence-electron chi connectivity index (χ1n) is 5.03. The Kier molecular flexibility index (Phi) is 5.30. The van der Waals surface area contributed by atoms with Crippen LogP contribution in [-0.2, 0) is 5.33 Å². The molecule has 1 unspecified atom stereocenters. The van der Waals surface area contributed by atoms with Crippen LogP contribution in [-0.4, -0.2) is 13.6 Å². The van der Waals surface area contributed by atoms with Gasteiger partial charge >= 0.3 is 0 Å². The molecule has 1 atom stereocenters. The van der Waals surface area contributed by atoms with E-state index in [2.05, 4.69) is 61.0 Å². The second kappa shape index (κ2) is 6.27. The van der Waals surface area contributed by atoms with E-state index >= 15 is 0 Å². The summed E-state index contributed by atoms with van der Waals surface area (Å²) in [4.78, 5) is 2.09. The maximum Gasteiger partial charge on any atom is 0.0671 e. The van der Waals surface area contributed by atoms with Crippen molar-refractivity contribution in [3.05, 3.63) is 28.2 Å². The number of halogens is 2. The summed E-state index contributed by atoms with van der Waals surface area (Å²) in [5.41, 5.74) is 2.35. The van der Waals surface area contributed by atoms with Crippen molar-refractivity contribution in [2.24, 2.45) is 5.92 Å². The van der Waals surface area contributed by atoms with Gasteiger partial charge in [-0.15, -0.1) is 0 Å². The van der Waals surface area contributed by atoms with E-state index in [4.69, 9.17) is 5.26 Å². The minimum Gasteiger partial charge on any atom is -0.372 e. The lowest BCUT2D eigenvalue weighted by molar-refractivity contribution is 0.715. The smallest absolute Gasteiger partial charge is 0.0671 e. The summed E-state index contributed by atoms with van der Waals surface area (Å²) in [7, 11) is 2.00. The van der Waals surface area contributed by atoms with Crippen molar-refractivity contribution in [1.82, 2.24) is 0 Å². The molecule has 0 aliphatic carbocycles. The van der Waals surface area contributed by atoms with Gasteiger partial charge < -0.3 is 4.90 Å². The average Bonchev–Trinajstić information content (AvgIpc) is 2.28. The molecule has 0 amide bonds. The Labute approximate surface area is 114 Å². The highest BCUT2D eigenvalue weighted by atomic mass is 79.9. The molecule has 1 rings (SSSR count). The second-order valence-corrected chi connectivity index (χ2v) is 5.25. The van der Waals surface area contributed by atoms with E-state index < -0.39 is 0 Å². The van der Waals surface area contributed by atoms with Crippen LogP contribution in [0.25, 0.3) is 0 Å². The Hall–Kier alpha value is -0.530. The van der Waals surface area contributed by atoms with Crippen molar-refractivity contribution in [3.63, 3.8) is 0 Å². The zero-order valence-corrected chi connectivity index (χ0v) is 12.5. The molecule has 0 heterocycles. The topological polar surface area (TPSA) is 27.0 Å². The Morgan fingerprint density at radius 1 is 1.50 bits per heavy atom. The lowest BCUT2D eigenvalue weighted by Crippen LogP contribution is -2.23. The van der Waals surface area contributed by atoms with Gasteiger partial charge in [-0.3, -0.25) is 0 Å². The predicted molar refractivity (Wildman–Crippen MR) is 74.8 cm³/mol. The maximum atomic E-state index is 8.79. The van der Waals surface area contributed by atoms with Gasteiger partial charge in [0.05, 0.1) is 17.7 Å². The molecule has 0 radical (unpaired) electrons. The molecule has 0 spiro atoms. The van der Waals surface area contributed by atoms with E-state index in [1.165, 1.54) is 5.56 Å². The third kappa shape index (κ3) is 3.50. The van der Waals surface area contributed by atoms with Crippen molar-refractivity contribution in [1.29, 1.82) is 5.26 Å². The van der Waals surface area contributed by atoms with Gasteiger partial charge in [0.2, 0.25) is 0 Å². The average molecular weight is 346 g/mol. The van der Waals surface area contributed by atoms with E-state index in [-0.39, 0.29) is 5.92 Å². The Morgan fingerprint density at radius 2 is 2.19 bits per heavy atom. The van der Waals surface area contributed by atoms with E-state index in [9.17, 15) is 0 Å². The van der Waals surface area contributed by atoms with Gasteiger partial charge in [0.1, 0.15) is 0 Å². The summed E-state index contributed by atoms with van der Waals surface area (Å²) in [6.45, 7) is 2.67. The van der Waals surface area contributed by atoms with Gasteiger partial charge in [-0.05, 0) is 40.5 Å². The molecule has 4 heteroatoms. The summed E-state index contributed by atoms with van der Waals surface area (Å²) in [5, 5.41) is 9.64. The van der Waals surface area contributed by atoms with Crippen molar-refractivity contribution < 1.29 is 0 Å². The van der Waals surface area contributed by atoms with Gasteiger partial charge in [-0.2, -0.15) is 5.26 Å². The largest absolute Gasteiger partial charge is 0.372 e. The molecule has 1 aromatic rings. The SMILES string of the molecule is CC(C#N)CN(C)c1ccc(CBr)cc1Br. The quantitative estimate of drug-likeness (QED) is 0.773. The molecular formula is C12H14Br2N2. The fourth-order valence-corrected chi connectivity index (χ4v) is 2.57. The lowest BCUT2D eigenvalue weighted by atomic mass is 10.1.